The molecule has 1 aliphatic heterocycles. The number of hydrogen-bond donors (Lipinski definition) is 1. The molecule has 1 atom stereocenters. The van der Waals surface area contributed by atoms with Crippen LogP contribution in [0.1, 0.15) is 28.7 Å². The van der Waals surface area contributed by atoms with Crippen LogP contribution in [0.3, 0.4) is 0 Å². The lowest BCUT2D eigenvalue weighted by molar-refractivity contribution is 0.0591. The van der Waals surface area contributed by atoms with E-state index in [-0.39, 0.29) is 29.1 Å². The molecule has 1 amide bonds. The van der Waals surface area contributed by atoms with Gasteiger partial charge >= 0.3 is 0 Å². The van der Waals surface area contributed by atoms with Crippen LogP contribution in [0, 0.1) is 12.7 Å². The first-order chi connectivity index (χ1) is 14.8. The SMILES string of the molecule is Cc1cn(-c2ccc3n(c2=O)C[C@@H](C)N(Cc2c[nH]c4ccc(Cl)c(F)c24)C3=O)cn1. The minimum atomic E-state index is -0.510. The number of amides is 1. The number of imidazole rings is 1. The van der Waals surface area contributed by atoms with Crippen LogP contribution in [0.15, 0.2) is 47.8 Å². The summed E-state index contributed by atoms with van der Waals surface area (Å²) in [6, 6.07) is 6.23. The lowest BCUT2D eigenvalue weighted by Crippen LogP contribution is -2.49. The van der Waals surface area contributed by atoms with Crippen molar-refractivity contribution in [1.82, 2.24) is 24.0 Å². The number of nitrogens with one attached hydrogen (secondary N) is 1. The molecule has 7 nitrogen and oxygen atoms in total. The standard InChI is InChI=1S/C22H19ClFN5O2/c1-12-8-27(11-26-12)17-5-6-18-22(31)28(13(2)9-29(18)21(17)30)10-14-7-25-16-4-3-15(23)20(24)19(14)16/h3-8,11,13,25H,9-10H2,1-2H3/t13-/m1/s1. The number of pyridine rings is 1. The van der Waals surface area contributed by atoms with Crippen LogP contribution in [0.5, 0.6) is 0 Å². The van der Waals surface area contributed by atoms with Crippen LogP contribution >= 0.6 is 11.6 Å². The molecule has 9 heteroatoms. The van der Waals surface area contributed by atoms with E-state index in [0.29, 0.717) is 34.4 Å². The average molecular weight is 440 g/mol. The zero-order chi connectivity index (χ0) is 21.9. The first kappa shape index (κ1) is 19.6. The van der Waals surface area contributed by atoms with E-state index in [1.807, 2.05) is 13.8 Å². The number of aromatic nitrogens is 4. The molecule has 3 aromatic heterocycles. The molecule has 0 aliphatic carbocycles. The summed E-state index contributed by atoms with van der Waals surface area (Å²) in [6.45, 7) is 4.26. The Morgan fingerprint density at radius 3 is 2.81 bits per heavy atom. The van der Waals surface area contributed by atoms with Gasteiger partial charge in [-0.15, -0.1) is 0 Å². The number of hydrogen-bond acceptors (Lipinski definition) is 3. The summed E-state index contributed by atoms with van der Waals surface area (Å²) in [6.07, 6.45) is 5.03. The maximum absolute atomic E-state index is 14.6. The molecule has 0 bridgehead atoms. The van der Waals surface area contributed by atoms with E-state index in [1.165, 1.54) is 10.6 Å². The summed E-state index contributed by atoms with van der Waals surface area (Å²) in [5.74, 6) is -0.787. The second-order valence-corrected chi connectivity index (χ2v) is 8.23. The highest BCUT2D eigenvalue weighted by atomic mass is 35.5. The number of H-pyrrole nitrogens is 1. The maximum atomic E-state index is 14.6. The van der Waals surface area contributed by atoms with Crippen molar-refractivity contribution in [3.05, 3.63) is 81.1 Å². The van der Waals surface area contributed by atoms with Crippen molar-refractivity contribution in [3.8, 4) is 5.69 Å². The molecule has 0 saturated heterocycles. The van der Waals surface area contributed by atoms with E-state index >= 15 is 0 Å². The molecule has 5 rings (SSSR count). The first-order valence-electron chi connectivity index (χ1n) is 9.85. The van der Waals surface area contributed by atoms with Crippen molar-refractivity contribution in [1.29, 1.82) is 0 Å². The van der Waals surface area contributed by atoms with E-state index in [9.17, 15) is 14.0 Å². The summed E-state index contributed by atoms with van der Waals surface area (Å²) in [7, 11) is 0. The highest BCUT2D eigenvalue weighted by Crippen LogP contribution is 2.29. The Labute approximate surface area is 181 Å². The number of rotatable bonds is 3. The number of benzene rings is 1. The van der Waals surface area contributed by atoms with E-state index in [2.05, 4.69) is 9.97 Å². The molecular weight excluding hydrogens is 421 g/mol. The molecule has 31 heavy (non-hydrogen) atoms. The van der Waals surface area contributed by atoms with Gasteiger partial charge in [-0.1, -0.05) is 11.6 Å². The molecule has 0 saturated carbocycles. The number of aromatic amines is 1. The fourth-order valence-electron chi connectivity index (χ4n) is 4.15. The molecule has 0 spiro atoms. The highest BCUT2D eigenvalue weighted by Gasteiger charge is 2.32. The predicted molar refractivity (Wildman–Crippen MR) is 115 cm³/mol. The lowest BCUT2D eigenvalue weighted by Gasteiger charge is -2.35. The number of fused-ring (bicyclic) bond motifs is 2. The van der Waals surface area contributed by atoms with E-state index in [4.69, 9.17) is 11.6 Å². The van der Waals surface area contributed by atoms with Gasteiger partial charge < -0.3 is 19.0 Å². The van der Waals surface area contributed by atoms with Gasteiger partial charge in [0.05, 0.1) is 17.0 Å². The molecule has 1 aliphatic rings. The third-order valence-electron chi connectivity index (χ3n) is 5.76. The third-order valence-corrected chi connectivity index (χ3v) is 6.05. The number of aryl methyl sites for hydroxylation is 1. The van der Waals surface area contributed by atoms with Crippen molar-refractivity contribution in [2.45, 2.75) is 33.0 Å². The lowest BCUT2D eigenvalue weighted by atomic mass is 10.1. The summed E-state index contributed by atoms with van der Waals surface area (Å²) in [4.78, 5) is 35.2. The fourth-order valence-corrected chi connectivity index (χ4v) is 4.31. The van der Waals surface area contributed by atoms with Crippen LogP contribution in [-0.4, -0.2) is 36.0 Å². The summed E-state index contributed by atoms with van der Waals surface area (Å²) < 4.78 is 17.8. The Balaban J connectivity index is 1.53. The van der Waals surface area contributed by atoms with Gasteiger partial charge in [-0.05, 0) is 43.7 Å². The van der Waals surface area contributed by atoms with Gasteiger partial charge in [0, 0.05) is 42.4 Å². The molecule has 0 radical (unpaired) electrons. The first-order valence-corrected chi connectivity index (χ1v) is 10.2. The number of nitrogens with zero attached hydrogens (tertiary/aromatic N) is 4. The van der Waals surface area contributed by atoms with E-state index in [0.717, 1.165) is 5.69 Å². The molecule has 1 aromatic carbocycles. The van der Waals surface area contributed by atoms with Gasteiger partial charge in [0.2, 0.25) is 0 Å². The maximum Gasteiger partial charge on any atom is 0.275 e. The molecule has 0 unspecified atom stereocenters. The van der Waals surface area contributed by atoms with Crippen molar-refractivity contribution in [2.24, 2.45) is 0 Å². The Morgan fingerprint density at radius 1 is 1.26 bits per heavy atom. The van der Waals surface area contributed by atoms with Crippen molar-refractivity contribution in [2.75, 3.05) is 0 Å². The molecule has 0 fully saturated rings. The molecular formula is C22H19ClFN5O2. The minimum absolute atomic E-state index is 0.0329. The molecule has 4 aromatic rings. The zero-order valence-corrected chi connectivity index (χ0v) is 17.7. The number of halogens is 2. The molecule has 4 heterocycles. The van der Waals surface area contributed by atoms with Gasteiger partial charge in [0.1, 0.15) is 11.4 Å². The summed E-state index contributed by atoms with van der Waals surface area (Å²) in [5, 5.41) is 0.409. The van der Waals surface area contributed by atoms with Gasteiger partial charge in [0.25, 0.3) is 11.5 Å². The van der Waals surface area contributed by atoms with Crippen LogP contribution in [-0.2, 0) is 13.1 Å². The van der Waals surface area contributed by atoms with Crippen LogP contribution in [0.25, 0.3) is 16.6 Å². The molecule has 158 valence electrons. The second kappa shape index (κ2) is 7.09. The Morgan fingerprint density at radius 2 is 2.06 bits per heavy atom. The Bertz CT molecular complexity index is 1400. The second-order valence-electron chi connectivity index (χ2n) is 7.82. The number of carbonyl (C=O) groups excluding carboxylic acids is 1. The zero-order valence-electron chi connectivity index (χ0n) is 16.9. The van der Waals surface area contributed by atoms with E-state index in [1.54, 1.807) is 46.4 Å². The van der Waals surface area contributed by atoms with Gasteiger partial charge in [-0.2, -0.15) is 0 Å². The summed E-state index contributed by atoms with van der Waals surface area (Å²) in [5.41, 5.74) is 2.54. The monoisotopic (exact) mass is 439 g/mol. The quantitative estimate of drug-likeness (QED) is 0.529. The van der Waals surface area contributed by atoms with Gasteiger partial charge in [-0.25, -0.2) is 9.37 Å². The molecule has 1 N–H and O–H groups in total. The average Bonchev–Trinajstić information content (AvgIpc) is 3.35. The van der Waals surface area contributed by atoms with Crippen molar-refractivity contribution in [3.63, 3.8) is 0 Å². The Kier molecular flexibility index (Phi) is 4.48. The van der Waals surface area contributed by atoms with Crippen LogP contribution in [0.2, 0.25) is 5.02 Å². The van der Waals surface area contributed by atoms with Gasteiger partial charge in [0.15, 0.2) is 5.82 Å². The topological polar surface area (TPSA) is 75.9 Å². The van der Waals surface area contributed by atoms with Crippen LogP contribution in [0.4, 0.5) is 4.39 Å². The normalized spacial score (nSPS) is 16.2. The Hall–Kier alpha value is -3.39. The van der Waals surface area contributed by atoms with Crippen molar-refractivity contribution >= 4 is 28.4 Å². The highest BCUT2D eigenvalue weighted by molar-refractivity contribution is 6.31. The largest absolute Gasteiger partial charge is 0.361 e. The number of carbonyl (C=O) groups is 1. The van der Waals surface area contributed by atoms with Crippen molar-refractivity contribution < 1.29 is 9.18 Å². The third kappa shape index (κ3) is 3.06. The fraction of sp³-hybridized carbons (Fsp3) is 0.227. The summed E-state index contributed by atoms with van der Waals surface area (Å²) >= 11 is 5.95. The van der Waals surface area contributed by atoms with Crippen LogP contribution < -0.4 is 5.56 Å². The predicted octanol–water partition coefficient (Wildman–Crippen LogP) is 3.66. The smallest absolute Gasteiger partial charge is 0.275 e. The van der Waals surface area contributed by atoms with E-state index < -0.39 is 5.82 Å². The minimum Gasteiger partial charge on any atom is -0.361 e. The van der Waals surface area contributed by atoms with Gasteiger partial charge in [-0.3, -0.25) is 9.59 Å².